The van der Waals surface area contributed by atoms with Crippen LogP contribution in [0.1, 0.15) is 36.5 Å². The van der Waals surface area contributed by atoms with Gasteiger partial charge in [-0.2, -0.15) is 0 Å². The highest BCUT2D eigenvalue weighted by Crippen LogP contribution is 2.26. The molecule has 0 aliphatic carbocycles. The van der Waals surface area contributed by atoms with Crippen LogP contribution in [-0.4, -0.2) is 57.4 Å². The molecule has 3 aromatic rings. The second kappa shape index (κ2) is 11.3. The van der Waals surface area contributed by atoms with E-state index in [4.69, 9.17) is 0 Å². The van der Waals surface area contributed by atoms with E-state index in [9.17, 15) is 19.8 Å². The predicted molar refractivity (Wildman–Crippen MR) is 140 cm³/mol. The summed E-state index contributed by atoms with van der Waals surface area (Å²) in [7, 11) is 0. The summed E-state index contributed by atoms with van der Waals surface area (Å²) >= 11 is 0. The number of benzene rings is 3. The number of aliphatic imine (C=N–C) groups is 1. The van der Waals surface area contributed by atoms with Crippen molar-refractivity contribution in [2.45, 2.75) is 37.9 Å². The first-order valence-corrected chi connectivity index (χ1v) is 12.1. The molecule has 7 heteroatoms. The molecular formula is C29H31N3O4. The van der Waals surface area contributed by atoms with Gasteiger partial charge < -0.3 is 15.5 Å². The average Bonchev–Trinajstić information content (AvgIpc) is 3.37. The van der Waals surface area contributed by atoms with Crippen LogP contribution in [0.2, 0.25) is 0 Å². The van der Waals surface area contributed by atoms with E-state index in [1.807, 2.05) is 60.7 Å². The molecule has 3 N–H and O–H groups in total. The highest BCUT2D eigenvalue weighted by atomic mass is 16.4. The van der Waals surface area contributed by atoms with E-state index in [1.165, 1.54) is 6.92 Å². The minimum absolute atomic E-state index is 0.105. The van der Waals surface area contributed by atoms with Crippen molar-refractivity contribution in [2.24, 2.45) is 4.99 Å². The number of aliphatic hydroxyl groups is 1. The number of carbonyl (C=O) groups excluding carboxylic acids is 1. The number of amides is 1. The maximum absolute atomic E-state index is 13.4. The highest BCUT2D eigenvalue weighted by molar-refractivity contribution is 6.18. The second-order valence-electron chi connectivity index (χ2n) is 9.21. The molecule has 1 aliphatic heterocycles. The Kier molecular flexibility index (Phi) is 7.93. The van der Waals surface area contributed by atoms with Crippen molar-refractivity contribution in [3.05, 3.63) is 102 Å². The van der Waals surface area contributed by atoms with Crippen LogP contribution in [0.4, 0.5) is 5.69 Å². The Morgan fingerprint density at radius 3 is 2.31 bits per heavy atom. The molecule has 0 spiro atoms. The number of anilines is 1. The van der Waals surface area contributed by atoms with Crippen LogP contribution in [0.3, 0.4) is 0 Å². The summed E-state index contributed by atoms with van der Waals surface area (Å²) in [5, 5.41) is 22.7. The molecule has 1 saturated heterocycles. The summed E-state index contributed by atoms with van der Waals surface area (Å²) in [6.45, 7) is 2.26. The van der Waals surface area contributed by atoms with Gasteiger partial charge >= 0.3 is 5.97 Å². The number of carboxylic acids is 1. The molecule has 0 aromatic heterocycles. The molecule has 7 nitrogen and oxygen atoms in total. The molecular weight excluding hydrogens is 454 g/mol. The van der Waals surface area contributed by atoms with Gasteiger partial charge in [-0.05, 0) is 37.9 Å². The van der Waals surface area contributed by atoms with Crippen molar-refractivity contribution in [1.29, 1.82) is 0 Å². The first-order chi connectivity index (χ1) is 17.4. The lowest BCUT2D eigenvalue weighted by Crippen LogP contribution is -2.40. The Morgan fingerprint density at radius 1 is 1.00 bits per heavy atom. The standard InChI is InChI=1S/C29H31N3O4/c1-29(20-33,28(35)36)31-26(22-13-6-3-7-14-22)23-15-8-9-16-24(23)30-27(34)25-17-10-18-32(25)19-21-11-4-2-5-12-21/h2-9,11-16,25,33H,10,17-20H2,1H3,(H,30,34)(H,35,36)/t25-,29-/m0/s1. The van der Waals surface area contributed by atoms with Gasteiger partial charge in [0.2, 0.25) is 5.91 Å². The topological polar surface area (TPSA) is 102 Å². The number of aliphatic hydroxyl groups excluding tert-OH is 1. The fourth-order valence-electron chi connectivity index (χ4n) is 4.42. The first kappa shape index (κ1) is 25.3. The molecule has 36 heavy (non-hydrogen) atoms. The zero-order chi connectivity index (χ0) is 25.5. The van der Waals surface area contributed by atoms with Crippen LogP contribution in [0, 0.1) is 0 Å². The number of aliphatic carboxylic acids is 1. The lowest BCUT2D eigenvalue weighted by molar-refractivity contribution is -0.143. The Balaban J connectivity index is 1.66. The number of para-hydroxylation sites is 1. The third kappa shape index (κ3) is 5.70. The highest BCUT2D eigenvalue weighted by Gasteiger charge is 2.34. The van der Waals surface area contributed by atoms with E-state index in [-0.39, 0.29) is 11.9 Å². The van der Waals surface area contributed by atoms with Crippen molar-refractivity contribution in [3.63, 3.8) is 0 Å². The van der Waals surface area contributed by atoms with Crippen molar-refractivity contribution in [1.82, 2.24) is 4.90 Å². The molecule has 3 aromatic carbocycles. The predicted octanol–water partition coefficient (Wildman–Crippen LogP) is 3.96. The molecule has 4 rings (SSSR count). The van der Waals surface area contributed by atoms with Gasteiger partial charge in [0.15, 0.2) is 5.54 Å². The van der Waals surface area contributed by atoms with E-state index < -0.39 is 18.1 Å². The average molecular weight is 486 g/mol. The maximum atomic E-state index is 13.4. The van der Waals surface area contributed by atoms with Gasteiger partial charge in [0, 0.05) is 17.7 Å². The fourth-order valence-corrected chi connectivity index (χ4v) is 4.42. The van der Waals surface area contributed by atoms with Crippen molar-refractivity contribution < 1.29 is 19.8 Å². The minimum Gasteiger partial charge on any atom is -0.479 e. The number of nitrogens with one attached hydrogen (secondary N) is 1. The van der Waals surface area contributed by atoms with Crippen LogP contribution in [0.25, 0.3) is 0 Å². The van der Waals surface area contributed by atoms with Crippen molar-refractivity contribution in [3.8, 4) is 0 Å². The molecule has 186 valence electrons. The van der Waals surface area contributed by atoms with Crippen LogP contribution in [0.5, 0.6) is 0 Å². The maximum Gasteiger partial charge on any atom is 0.333 e. The lowest BCUT2D eigenvalue weighted by Gasteiger charge is -2.25. The monoisotopic (exact) mass is 485 g/mol. The molecule has 1 heterocycles. The van der Waals surface area contributed by atoms with Crippen molar-refractivity contribution >= 4 is 23.3 Å². The molecule has 0 radical (unpaired) electrons. The van der Waals surface area contributed by atoms with E-state index in [0.29, 0.717) is 29.1 Å². The van der Waals surface area contributed by atoms with Gasteiger partial charge in [0.05, 0.1) is 24.0 Å². The molecule has 1 aliphatic rings. The van der Waals surface area contributed by atoms with Crippen LogP contribution >= 0.6 is 0 Å². The number of hydrogen-bond donors (Lipinski definition) is 3. The van der Waals surface area contributed by atoms with Crippen molar-refractivity contribution in [2.75, 3.05) is 18.5 Å². The number of hydrogen-bond acceptors (Lipinski definition) is 5. The second-order valence-corrected chi connectivity index (χ2v) is 9.21. The molecule has 2 atom stereocenters. The van der Waals surface area contributed by atoms with Crippen LogP contribution in [0.15, 0.2) is 89.9 Å². The minimum atomic E-state index is -1.74. The van der Waals surface area contributed by atoms with Gasteiger partial charge in [0.1, 0.15) is 0 Å². The third-order valence-corrected chi connectivity index (χ3v) is 6.51. The Morgan fingerprint density at radius 2 is 1.64 bits per heavy atom. The number of carbonyl (C=O) groups is 2. The van der Waals surface area contributed by atoms with Gasteiger partial charge in [-0.1, -0.05) is 78.9 Å². The quantitative estimate of drug-likeness (QED) is 0.398. The Labute approximate surface area is 211 Å². The summed E-state index contributed by atoms with van der Waals surface area (Å²) in [6.07, 6.45) is 1.71. The molecule has 0 bridgehead atoms. The summed E-state index contributed by atoms with van der Waals surface area (Å²) < 4.78 is 0. The largest absolute Gasteiger partial charge is 0.479 e. The smallest absolute Gasteiger partial charge is 0.333 e. The van der Waals surface area contributed by atoms with E-state index in [1.54, 1.807) is 12.1 Å². The van der Waals surface area contributed by atoms with E-state index >= 15 is 0 Å². The van der Waals surface area contributed by atoms with E-state index in [0.717, 1.165) is 24.9 Å². The van der Waals surface area contributed by atoms with Crippen LogP contribution in [-0.2, 0) is 16.1 Å². The number of nitrogens with zero attached hydrogens (tertiary/aromatic N) is 2. The first-order valence-electron chi connectivity index (χ1n) is 12.1. The zero-order valence-corrected chi connectivity index (χ0v) is 20.3. The summed E-state index contributed by atoms with van der Waals surface area (Å²) in [6, 6.07) is 26.3. The summed E-state index contributed by atoms with van der Waals surface area (Å²) in [5.74, 6) is -1.34. The van der Waals surface area contributed by atoms with Gasteiger partial charge in [-0.15, -0.1) is 0 Å². The zero-order valence-electron chi connectivity index (χ0n) is 20.3. The molecule has 1 amide bonds. The normalized spacial score (nSPS) is 17.9. The third-order valence-electron chi connectivity index (χ3n) is 6.51. The Bertz CT molecular complexity index is 1230. The molecule has 0 unspecified atom stereocenters. The SMILES string of the molecule is C[C@@](CO)(N=C(c1ccccc1)c1ccccc1NC(=O)[C@@H]1CCCN1Cc1ccccc1)C(=O)O. The number of rotatable bonds is 9. The Hall–Kier alpha value is -3.81. The van der Waals surface area contributed by atoms with E-state index in [2.05, 4.69) is 27.3 Å². The lowest BCUT2D eigenvalue weighted by atomic mass is 9.97. The summed E-state index contributed by atoms with van der Waals surface area (Å²) in [4.78, 5) is 32.1. The van der Waals surface area contributed by atoms with Gasteiger partial charge in [-0.25, -0.2) is 4.79 Å². The molecule has 0 saturated carbocycles. The molecule has 1 fully saturated rings. The van der Waals surface area contributed by atoms with Gasteiger partial charge in [0.25, 0.3) is 0 Å². The number of carboxylic acid groups (broad SMARTS) is 1. The van der Waals surface area contributed by atoms with Crippen LogP contribution < -0.4 is 5.32 Å². The fraction of sp³-hybridized carbons (Fsp3) is 0.276. The number of likely N-dealkylation sites (tertiary alicyclic amines) is 1. The summed E-state index contributed by atoms with van der Waals surface area (Å²) in [5.41, 5.74) is 1.63. The van der Waals surface area contributed by atoms with Gasteiger partial charge in [-0.3, -0.25) is 14.7 Å².